The third-order valence-corrected chi connectivity index (χ3v) is 6.85. The van der Waals surface area contributed by atoms with Gasteiger partial charge in [0.15, 0.2) is 9.84 Å². The van der Waals surface area contributed by atoms with E-state index in [-0.39, 0.29) is 10.5 Å². The van der Waals surface area contributed by atoms with Crippen molar-refractivity contribution in [3.63, 3.8) is 0 Å². The number of hydrogen-bond donors (Lipinski definition) is 0. The topological polar surface area (TPSA) is 37.4 Å². The number of rotatable bonds is 5. The van der Waals surface area contributed by atoms with Crippen LogP contribution in [0.3, 0.4) is 0 Å². The fourth-order valence-electron chi connectivity index (χ4n) is 3.20. The molecule has 0 radical (unpaired) electrons. The van der Waals surface area contributed by atoms with Crippen LogP contribution in [-0.4, -0.2) is 26.4 Å². The predicted molar refractivity (Wildman–Crippen MR) is 102 cm³/mol. The number of nitrogens with zero attached hydrogens (tertiary/aromatic N) is 1. The smallest absolute Gasteiger partial charge is 0.189 e. The monoisotopic (exact) mass is 407 g/mol. The maximum atomic E-state index is 14.6. The predicted octanol–water partition coefficient (Wildman–Crippen LogP) is 4.78. The van der Waals surface area contributed by atoms with E-state index in [1.165, 1.54) is 0 Å². The molecule has 0 spiro atoms. The minimum atomic E-state index is -4.18. The van der Waals surface area contributed by atoms with Gasteiger partial charge in [-0.15, -0.1) is 0 Å². The first-order valence-electron chi connectivity index (χ1n) is 8.81. The second-order valence-corrected chi connectivity index (χ2v) is 8.64. The zero-order valence-corrected chi connectivity index (χ0v) is 16.3. The molecular formula is C21H20F3NO2S. The van der Waals surface area contributed by atoms with Crippen LogP contribution in [-0.2, 0) is 9.84 Å². The van der Waals surface area contributed by atoms with Crippen LogP contribution in [0.5, 0.6) is 0 Å². The third-order valence-electron chi connectivity index (χ3n) is 4.79. The number of sulfone groups is 1. The Labute approximate surface area is 162 Å². The largest absolute Gasteiger partial charge is 0.374 e. The summed E-state index contributed by atoms with van der Waals surface area (Å²) < 4.78 is 68.7. The molecule has 1 aliphatic heterocycles. The van der Waals surface area contributed by atoms with Gasteiger partial charge in [-0.1, -0.05) is 6.08 Å². The SMILES string of the molecule is CCN1C=C(C(c2cc(F)ccc2F)S(=O)(=O)c2ccc(F)cc2)C(C)=CC1. The molecule has 1 heterocycles. The van der Waals surface area contributed by atoms with Gasteiger partial charge in [-0.05, 0) is 67.5 Å². The van der Waals surface area contributed by atoms with Gasteiger partial charge in [0.25, 0.3) is 0 Å². The Morgan fingerprint density at radius 2 is 1.68 bits per heavy atom. The van der Waals surface area contributed by atoms with Crippen LogP contribution < -0.4 is 0 Å². The van der Waals surface area contributed by atoms with Crippen LogP contribution in [0, 0.1) is 17.5 Å². The molecule has 2 aromatic rings. The quantitative estimate of drug-likeness (QED) is 0.669. The van der Waals surface area contributed by atoms with E-state index >= 15 is 0 Å². The summed E-state index contributed by atoms with van der Waals surface area (Å²) in [5, 5.41) is -1.46. The lowest BCUT2D eigenvalue weighted by Gasteiger charge is -2.29. The molecule has 0 bridgehead atoms. The van der Waals surface area contributed by atoms with Crippen LogP contribution in [0.25, 0.3) is 0 Å². The molecule has 1 atom stereocenters. The van der Waals surface area contributed by atoms with E-state index in [4.69, 9.17) is 0 Å². The van der Waals surface area contributed by atoms with Crippen LogP contribution in [0.1, 0.15) is 24.7 Å². The lowest BCUT2D eigenvalue weighted by molar-refractivity contribution is 0.427. The molecule has 28 heavy (non-hydrogen) atoms. The second-order valence-electron chi connectivity index (χ2n) is 6.60. The summed E-state index contributed by atoms with van der Waals surface area (Å²) in [7, 11) is -4.18. The molecule has 0 saturated heterocycles. The summed E-state index contributed by atoms with van der Waals surface area (Å²) in [5.41, 5.74) is 0.757. The molecule has 7 heteroatoms. The molecule has 0 amide bonds. The van der Waals surface area contributed by atoms with Gasteiger partial charge in [-0.2, -0.15) is 0 Å². The molecule has 3 nitrogen and oxygen atoms in total. The van der Waals surface area contributed by atoms with E-state index in [0.717, 1.165) is 42.5 Å². The normalized spacial score (nSPS) is 15.8. The fraction of sp³-hybridized carbons (Fsp3) is 0.238. The molecule has 1 aliphatic rings. The van der Waals surface area contributed by atoms with Gasteiger partial charge in [0.2, 0.25) is 0 Å². The minimum Gasteiger partial charge on any atom is -0.374 e. The minimum absolute atomic E-state index is 0.162. The van der Waals surface area contributed by atoms with E-state index in [2.05, 4.69) is 0 Å². The average molecular weight is 407 g/mol. The summed E-state index contributed by atoms with van der Waals surface area (Å²) in [6.07, 6.45) is 3.52. The van der Waals surface area contributed by atoms with E-state index < -0.39 is 32.5 Å². The summed E-state index contributed by atoms with van der Waals surface area (Å²) in [6, 6.07) is 7.09. The van der Waals surface area contributed by atoms with Crippen molar-refractivity contribution in [1.82, 2.24) is 4.90 Å². The number of likely N-dealkylation sites (N-methyl/N-ethyl adjacent to an activating group) is 1. The number of hydrogen-bond acceptors (Lipinski definition) is 3. The highest BCUT2D eigenvalue weighted by Gasteiger charge is 2.36. The van der Waals surface area contributed by atoms with Crippen molar-refractivity contribution in [3.05, 3.63) is 88.9 Å². The number of benzene rings is 2. The maximum absolute atomic E-state index is 14.6. The van der Waals surface area contributed by atoms with Gasteiger partial charge in [-0.25, -0.2) is 21.6 Å². The molecule has 2 aromatic carbocycles. The van der Waals surface area contributed by atoms with Gasteiger partial charge in [0.05, 0.1) is 4.90 Å². The molecule has 0 aromatic heterocycles. The first-order valence-corrected chi connectivity index (χ1v) is 10.4. The van der Waals surface area contributed by atoms with Crippen LogP contribution in [0.4, 0.5) is 13.2 Å². The van der Waals surface area contributed by atoms with Crippen molar-refractivity contribution in [2.75, 3.05) is 13.1 Å². The van der Waals surface area contributed by atoms with Crippen LogP contribution >= 0.6 is 0 Å². The summed E-state index contributed by atoms with van der Waals surface area (Å²) in [6.45, 7) is 4.88. The van der Waals surface area contributed by atoms with Gasteiger partial charge >= 0.3 is 0 Å². The molecule has 148 valence electrons. The van der Waals surface area contributed by atoms with Crippen molar-refractivity contribution in [2.45, 2.75) is 24.0 Å². The average Bonchev–Trinajstić information content (AvgIpc) is 2.66. The Morgan fingerprint density at radius 1 is 1.04 bits per heavy atom. The van der Waals surface area contributed by atoms with Crippen molar-refractivity contribution in [3.8, 4) is 0 Å². The van der Waals surface area contributed by atoms with Crippen molar-refractivity contribution >= 4 is 9.84 Å². The lowest BCUT2D eigenvalue weighted by Crippen LogP contribution is -2.26. The zero-order valence-electron chi connectivity index (χ0n) is 15.5. The highest BCUT2D eigenvalue weighted by atomic mass is 32.2. The Hall–Kier alpha value is -2.54. The highest BCUT2D eigenvalue weighted by Crippen LogP contribution is 2.40. The Morgan fingerprint density at radius 3 is 2.32 bits per heavy atom. The van der Waals surface area contributed by atoms with Gasteiger partial charge in [-0.3, -0.25) is 0 Å². The summed E-state index contributed by atoms with van der Waals surface area (Å²) in [5.74, 6) is -2.14. The van der Waals surface area contributed by atoms with Crippen molar-refractivity contribution < 1.29 is 21.6 Å². The molecule has 3 rings (SSSR count). The second kappa shape index (κ2) is 7.83. The Balaban J connectivity index is 2.26. The molecule has 0 N–H and O–H groups in total. The lowest BCUT2D eigenvalue weighted by atomic mass is 9.96. The first-order chi connectivity index (χ1) is 13.2. The molecule has 0 fully saturated rings. The van der Waals surface area contributed by atoms with Crippen LogP contribution in [0.15, 0.2) is 70.8 Å². The first kappa shape index (κ1) is 20.2. The van der Waals surface area contributed by atoms with E-state index in [9.17, 15) is 21.6 Å². The van der Waals surface area contributed by atoms with Crippen molar-refractivity contribution in [2.24, 2.45) is 0 Å². The Kier molecular flexibility index (Phi) is 5.65. The van der Waals surface area contributed by atoms with Gasteiger partial charge in [0.1, 0.15) is 22.7 Å². The molecule has 1 unspecified atom stereocenters. The fourth-order valence-corrected chi connectivity index (χ4v) is 5.08. The third kappa shape index (κ3) is 3.85. The highest BCUT2D eigenvalue weighted by molar-refractivity contribution is 7.92. The number of allylic oxidation sites excluding steroid dienone is 1. The van der Waals surface area contributed by atoms with Gasteiger partial charge < -0.3 is 4.90 Å². The molecule has 0 saturated carbocycles. The van der Waals surface area contributed by atoms with Crippen molar-refractivity contribution in [1.29, 1.82) is 0 Å². The van der Waals surface area contributed by atoms with Crippen LogP contribution in [0.2, 0.25) is 0 Å². The standard InChI is InChI=1S/C21H20F3NO2S/c1-3-25-11-10-14(2)19(13-25)21(18-12-16(23)6-9-20(18)24)28(26,27)17-7-4-15(22)5-8-17/h4-10,12-13,21H,3,11H2,1-2H3. The summed E-state index contributed by atoms with van der Waals surface area (Å²) in [4.78, 5) is 1.72. The van der Waals surface area contributed by atoms with Gasteiger partial charge in [0, 0.05) is 24.9 Å². The Bertz CT molecular complexity index is 1040. The summed E-state index contributed by atoms with van der Waals surface area (Å²) >= 11 is 0. The van der Waals surface area contributed by atoms with E-state index in [0.29, 0.717) is 24.2 Å². The zero-order chi connectivity index (χ0) is 20.5. The van der Waals surface area contributed by atoms with E-state index in [1.807, 2.05) is 17.9 Å². The molecular weight excluding hydrogens is 387 g/mol. The maximum Gasteiger partial charge on any atom is 0.189 e. The van der Waals surface area contributed by atoms with E-state index in [1.54, 1.807) is 13.1 Å². The molecule has 0 aliphatic carbocycles. The number of halogens is 3.